The molecule has 0 bridgehead atoms. The number of carbonyl (C=O) groups is 2. The van der Waals surface area contributed by atoms with Crippen LogP contribution in [-0.4, -0.2) is 40.1 Å². The highest BCUT2D eigenvalue weighted by Crippen LogP contribution is 2.22. The number of primary amides is 1. The lowest BCUT2D eigenvalue weighted by atomic mass is 9.95. The first-order chi connectivity index (χ1) is 12.9. The van der Waals surface area contributed by atoms with Crippen LogP contribution in [0.3, 0.4) is 0 Å². The summed E-state index contributed by atoms with van der Waals surface area (Å²) < 4.78 is 18.5. The molecule has 1 aromatic carbocycles. The van der Waals surface area contributed by atoms with Crippen molar-refractivity contribution in [2.45, 2.75) is 32.2 Å². The molecule has 2 unspecified atom stereocenters. The zero-order chi connectivity index (χ0) is 19.4. The van der Waals surface area contributed by atoms with Crippen molar-refractivity contribution >= 4 is 11.9 Å². The maximum atomic E-state index is 13.3. The van der Waals surface area contributed by atoms with Crippen LogP contribution in [0.5, 0.6) is 0 Å². The van der Waals surface area contributed by atoms with E-state index in [-0.39, 0.29) is 36.0 Å². The van der Waals surface area contributed by atoms with Crippen LogP contribution in [0.25, 0.3) is 11.4 Å². The van der Waals surface area contributed by atoms with Gasteiger partial charge in [0.15, 0.2) is 0 Å². The lowest BCUT2D eigenvalue weighted by molar-refractivity contribution is -0.119. The summed E-state index contributed by atoms with van der Waals surface area (Å²) in [6.45, 7) is 2.83. The third-order valence-electron chi connectivity index (χ3n) is 4.53. The molecule has 3 rings (SSSR count). The quantitative estimate of drug-likeness (QED) is 0.832. The van der Waals surface area contributed by atoms with Crippen molar-refractivity contribution in [1.29, 1.82) is 0 Å². The summed E-state index contributed by atoms with van der Waals surface area (Å²) in [6, 6.07) is 5.10. The number of nitrogens with zero attached hydrogens (tertiary/aromatic N) is 3. The van der Waals surface area contributed by atoms with Crippen LogP contribution in [0.4, 0.5) is 9.18 Å². The Morgan fingerprint density at radius 3 is 3.04 bits per heavy atom. The maximum absolute atomic E-state index is 13.3. The van der Waals surface area contributed by atoms with Gasteiger partial charge in [-0.05, 0) is 37.8 Å². The van der Waals surface area contributed by atoms with E-state index in [1.54, 1.807) is 24.0 Å². The van der Waals surface area contributed by atoms with Crippen LogP contribution in [0, 0.1) is 11.7 Å². The molecule has 1 aromatic heterocycles. The van der Waals surface area contributed by atoms with E-state index in [0.29, 0.717) is 18.7 Å². The van der Waals surface area contributed by atoms with Crippen LogP contribution < -0.4 is 11.1 Å². The minimum atomic E-state index is -0.510. The summed E-state index contributed by atoms with van der Waals surface area (Å²) in [4.78, 5) is 29.5. The Labute approximate surface area is 155 Å². The molecule has 9 heteroatoms. The fraction of sp³-hybridized carbons (Fsp3) is 0.444. The molecule has 1 saturated heterocycles. The van der Waals surface area contributed by atoms with Gasteiger partial charge in [-0.25, -0.2) is 9.18 Å². The van der Waals surface area contributed by atoms with Crippen molar-refractivity contribution in [3.05, 3.63) is 36.0 Å². The monoisotopic (exact) mass is 375 g/mol. The topological polar surface area (TPSA) is 114 Å². The van der Waals surface area contributed by atoms with E-state index in [1.165, 1.54) is 12.1 Å². The van der Waals surface area contributed by atoms with Crippen molar-refractivity contribution in [2.24, 2.45) is 11.7 Å². The first kappa shape index (κ1) is 18.8. The molecule has 1 aliphatic heterocycles. The summed E-state index contributed by atoms with van der Waals surface area (Å²) >= 11 is 0. The van der Waals surface area contributed by atoms with Crippen LogP contribution in [0.1, 0.15) is 38.1 Å². The first-order valence-corrected chi connectivity index (χ1v) is 8.85. The fourth-order valence-corrected chi connectivity index (χ4v) is 3.19. The average molecular weight is 375 g/mol. The number of likely N-dealkylation sites (tertiary alicyclic amines) is 1. The largest absolute Gasteiger partial charge is 0.370 e. The molecule has 2 heterocycles. The molecule has 2 atom stereocenters. The molecule has 3 N–H and O–H groups in total. The average Bonchev–Trinajstić information content (AvgIpc) is 3.11. The molecule has 27 heavy (non-hydrogen) atoms. The second-order valence-electron chi connectivity index (χ2n) is 6.76. The number of amides is 3. The predicted molar refractivity (Wildman–Crippen MR) is 94.7 cm³/mol. The van der Waals surface area contributed by atoms with Gasteiger partial charge < -0.3 is 20.5 Å². The van der Waals surface area contributed by atoms with Gasteiger partial charge in [-0.3, -0.25) is 4.79 Å². The second kappa shape index (κ2) is 8.15. The molecule has 144 valence electrons. The third-order valence-corrected chi connectivity index (χ3v) is 4.53. The number of carbonyl (C=O) groups excluding carboxylic acids is 2. The molecular formula is C18H22FN5O3. The van der Waals surface area contributed by atoms with Gasteiger partial charge in [0.1, 0.15) is 11.9 Å². The molecule has 0 saturated carbocycles. The van der Waals surface area contributed by atoms with Crippen LogP contribution in [-0.2, 0) is 4.79 Å². The van der Waals surface area contributed by atoms with Crippen LogP contribution in [0.2, 0.25) is 0 Å². The Balaban J connectivity index is 1.61. The lowest BCUT2D eigenvalue weighted by Crippen LogP contribution is -2.46. The standard InChI is InChI=1S/C18H22FN5O3/c1-11(17-22-16(23-27-17)13-5-2-6-14(19)9-13)21-18(26)24-7-3-4-12(10-24)8-15(20)25/h2,5-6,9,11-12H,3-4,7-8,10H2,1H3,(H2,20,25)(H,21,26). The zero-order valence-corrected chi connectivity index (χ0v) is 15.0. The molecule has 0 radical (unpaired) electrons. The predicted octanol–water partition coefficient (Wildman–Crippen LogP) is 2.23. The minimum absolute atomic E-state index is 0.0836. The number of hydrogen-bond acceptors (Lipinski definition) is 5. The van der Waals surface area contributed by atoms with E-state index in [9.17, 15) is 14.0 Å². The Morgan fingerprint density at radius 1 is 1.48 bits per heavy atom. The maximum Gasteiger partial charge on any atom is 0.318 e. The van der Waals surface area contributed by atoms with Crippen LogP contribution >= 0.6 is 0 Å². The lowest BCUT2D eigenvalue weighted by Gasteiger charge is -2.32. The van der Waals surface area contributed by atoms with Crippen molar-refractivity contribution in [3.63, 3.8) is 0 Å². The number of rotatable bonds is 5. The highest BCUT2D eigenvalue weighted by Gasteiger charge is 2.26. The molecule has 0 aliphatic carbocycles. The number of benzene rings is 1. The van der Waals surface area contributed by atoms with Crippen molar-refractivity contribution < 1.29 is 18.5 Å². The summed E-state index contributed by atoms with van der Waals surface area (Å²) in [5.74, 6) is -0.180. The van der Waals surface area contributed by atoms with Gasteiger partial charge in [-0.15, -0.1) is 0 Å². The molecule has 8 nitrogen and oxygen atoms in total. The van der Waals surface area contributed by atoms with E-state index in [1.807, 2.05) is 0 Å². The van der Waals surface area contributed by atoms with E-state index < -0.39 is 11.9 Å². The van der Waals surface area contributed by atoms with E-state index in [2.05, 4.69) is 15.5 Å². The van der Waals surface area contributed by atoms with E-state index >= 15 is 0 Å². The molecule has 3 amide bonds. The smallest absolute Gasteiger partial charge is 0.318 e. The fourth-order valence-electron chi connectivity index (χ4n) is 3.19. The van der Waals surface area contributed by atoms with Crippen molar-refractivity contribution in [1.82, 2.24) is 20.4 Å². The molecule has 1 fully saturated rings. The zero-order valence-electron chi connectivity index (χ0n) is 15.0. The van der Waals surface area contributed by atoms with Crippen molar-refractivity contribution in [3.8, 4) is 11.4 Å². The number of urea groups is 1. The van der Waals surface area contributed by atoms with E-state index in [4.69, 9.17) is 10.3 Å². The van der Waals surface area contributed by atoms with Gasteiger partial charge >= 0.3 is 6.03 Å². The Hall–Kier alpha value is -2.97. The number of piperidine rings is 1. The summed E-state index contributed by atoms with van der Waals surface area (Å²) in [7, 11) is 0. The number of aromatic nitrogens is 2. The Kier molecular flexibility index (Phi) is 5.68. The number of nitrogens with two attached hydrogens (primary N) is 1. The minimum Gasteiger partial charge on any atom is -0.370 e. The summed E-state index contributed by atoms with van der Waals surface area (Å²) in [5.41, 5.74) is 5.75. The SMILES string of the molecule is CC(NC(=O)N1CCCC(CC(N)=O)C1)c1nc(-c2cccc(F)c2)no1. The Morgan fingerprint density at radius 2 is 2.30 bits per heavy atom. The van der Waals surface area contributed by atoms with Gasteiger partial charge in [-0.2, -0.15) is 4.98 Å². The number of hydrogen-bond donors (Lipinski definition) is 2. The van der Waals surface area contributed by atoms with Crippen molar-refractivity contribution in [2.75, 3.05) is 13.1 Å². The van der Waals surface area contributed by atoms with Crippen LogP contribution in [0.15, 0.2) is 28.8 Å². The molecule has 0 spiro atoms. The number of nitrogens with one attached hydrogen (secondary N) is 1. The molecule has 1 aliphatic rings. The summed E-state index contributed by atoms with van der Waals surface area (Å²) in [5, 5.41) is 6.66. The normalized spacial score (nSPS) is 18.1. The Bertz CT molecular complexity index is 825. The summed E-state index contributed by atoms with van der Waals surface area (Å²) in [6.07, 6.45) is 1.98. The first-order valence-electron chi connectivity index (χ1n) is 8.85. The van der Waals surface area contributed by atoms with Gasteiger partial charge in [0.25, 0.3) is 0 Å². The van der Waals surface area contributed by atoms with Gasteiger partial charge in [0, 0.05) is 25.1 Å². The van der Waals surface area contributed by atoms with E-state index in [0.717, 1.165) is 12.8 Å². The highest BCUT2D eigenvalue weighted by molar-refractivity contribution is 5.76. The second-order valence-corrected chi connectivity index (χ2v) is 6.76. The number of halogens is 1. The van der Waals surface area contributed by atoms with Gasteiger partial charge in [-0.1, -0.05) is 17.3 Å². The van der Waals surface area contributed by atoms with Gasteiger partial charge in [0.05, 0.1) is 0 Å². The molecular weight excluding hydrogens is 353 g/mol. The third kappa shape index (κ3) is 4.81. The van der Waals surface area contributed by atoms with Gasteiger partial charge in [0.2, 0.25) is 17.6 Å². The molecule has 2 aromatic rings. The highest BCUT2D eigenvalue weighted by atomic mass is 19.1.